The lowest BCUT2D eigenvalue weighted by Crippen LogP contribution is -2.25. The predicted molar refractivity (Wildman–Crippen MR) is 89.8 cm³/mol. The van der Waals surface area contributed by atoms with E-state index in [9.17, 15) is 9.18 Å². The van der Waals surface area contributed by atoms with Gasteiger partial charge in [0.05, 0.1) is 23.0 Å². The molecule has 1 amide bonds. The zero-order valence-corrected chi connectivity index (χ0v) is 13.1. The van der Waals surface area contributed by atoms with Crippen molar-refractivity contribution in [2.45, 2.75) is 12.3 Å². The fourth-order valence-electron chi connectivity index (χ4n) is 3.10. The molecule has 4 rings (SSSR count). The zero-order valence-electron chi connectivity index (χ0n) is 13.1. The van der Waals surface area contributed by atoms with Crippen LogP contribution in [0.15, 0.2) is 54.9 Å². The highest BCUT2D eigenvalue weighted by Crippen LogP contribution is 2.37. The third kappa shape index (κ3) is 2.56. The second-order valence-electron chi connectivity index (χ2n) is 5.84. The molecule has 122 valence electrons. The molecule has 6 heteroatoms. The van der Waals surface area contributed by atoms with Crippen LogP contribution in [0.5, 0.6) is 0 Å². The first-order valence-electron chi connectivity index (χ1n) is 7.79. The maximum atomic E-state index is 14.1. The van der Waals surface area contributed by atoms with Gasteiger partial charge in [0.1, 0.15) is 18.0 Å². The maximum absolute atomic E-state index is 14.1. The van der Waals surface area contributed by atoms with Gasteiger partial charge in [-0.2, -0.15) is 5.26 Å². The van der Waals surface area contributed by atoms with Crippen molar-refractivity contribution in [3.8, 4) is 11.8 Å². The SMILES string of the molecule is N#Cc1ccc([C@H]2CC(=O)Nc3c2ncn3-c2ccccc2F)cc1. The van der Waals surface area contributed by atoms with Crippen molar-refractivity contribution in [2.24, 2.45) is 0 Å². The topological polar surface area (TPSA) is 70.7 Å². The molecule has 2 heterocycles. The molecule has 0 unspecified atom stereocenters. The Morgan fingerprint density at radius 3 is 2.68 bits per heavy atom. The van der Waals surface area contributed by atoms with E-state index in [-0.39, 0.29) is 18.2 Å². The van der Waals surface area contributed by atoms with Crippen LogP contribution >= 0.6 is 0 Å². The molecule has 1 aliphatic heterocycles. The van der Waals surface area contributed by atoms with E-state index in [1.54, 1.807) is 34.9 Å². The summed E-state index contributed by atoms with van der Waals surface area (Å²) in [6, 6.07) is 15.5. The number of hydrogen-bond donors (Lipinski definition) is 1. The van der Waals surface area contributed by atoms with Crippen LogP contribution in [0, 0.1) is 17.1 Å². The van der Waals surface area contributed by atoms with Crippen LogP contribution in [0.25, 0.3) is 5.69 Å². The molecule has 0 aliphatic carbocycles. The summed E-state index contributed by atoms with van der Waals surface area (Å²) < 4.78 is 15.7. The minimum absolute atomic E-state index is 0.153. The molecule has 1 aliphatic rings. The van der Waals surface area contributed by atoms with Crippen molar-refractivity contribution >= 4 is 11.7 Å². The molecule has 25 heavy (non-hydrogen) atoms. The van der Waals surface area contributed by atoms with Gasteiger partial charge in [-0.05, 0) is 29.8 Å². The number of halogens is 1. The summed E-state index contributed by atoms with van der Waals surface area (Å²) in [5, 5.41) is 11.7. The first-order chi connectivity index (χ1) is 12.2. The summed E-state index contributed by atoms with van der Waals surface area (Å²) in [7, 11) is 0. The molecular formula is C19H13FN4O. The van der Waals surface area contributed by atoms with E-state index in [4.69, 9.17) is 5.26 Å². The number of hydrogen-bond acceptors (Lipinski definition) is 3. The number of para-hydroxylation sites is 1. The van der Waals surface area contributed by atoms with E-state index < -0.39 is 5.82 Å². The number of fused-ring (bicyclic) bond motifs is 1. The Bertz CT molecular complexity index is 1000. The van der Waals surface area contributed by atoms with Crippen LogP contribution in [0.2, 0.25) is 0 Å². The third-order valence-corrected chi connectivity index (χ3v) is 4.33. The van der Waals surface area contributed by atoms with Gasteiger partial charge in [-0.25, -0.2) is 9.37 Å². The van der Waals surface area contributed by atoms with Crippen molar-refractivity contribution in [3.05, 3.63) is 77.5 Å². The Hall–Kier alpha value is -3.46. The summed E-state index contributed by atoms with van der Waals surface area (Å²) in [5.74, 6) is -0.294. The minimum Gasteiger partial charge on any atom is -0.310 e. The standard InChI is InChI=1S/C19H13FN4O/c20-15-3-1-2-4-16(15)24-11-22-18-14(9-17(25)23-19(18)24)13-7-5-12(10-21)6-8-13/h1-8,11,14H,9H2,(H,23,25)/t14-/m1/s1. The molecule has 1 atom stereocenters. The van der Waals surface area contributed by atoms with Gasteiger partial charge in [-0.3, -0.25) is 9.36 Å². The Kier molecular flexibility index (Phi) is 3.55. The second-order valence-corrected chi connectivity index (χ2v) is 5.84. The number of benzene rings is 2. The fraction of sp³-hybridized carbons (Fsp3) is 0.105. The average molecular weight is 332 g/mol. The van der Waals surface area contributed by atoms with Crippen LogP contribution in [0.1, 0.15) is 29.2 Å². The molecule has 1 aromatic heterocycles. The number of nitrogens with zero attached hydrogens (tertiary/aromatic N) is 3. The van der Waals surface area contributed by atoms with Gasteiger partial charge in [-0.15, -0.1) is 0 Å². The number of carbonyl (C=O) groups is 1. The Morgan fingerprint density at radius 1 is 1.20 bits per heavy atom. The van der Waals surface area contributed by atoms with Crippen molar-refractivity contribution in [2.75, 3.05) is 5.32 Å². The molecular weight excluding hydrogens is 319 g/mol. The van der Waals surface area contributed by atoms with Gasteiger partial charge >= 0.3 is 0 Å². The highest BCUT2D eigenvalue weighted by molar-refractivity contribution is 5.94. The minimum atomic E-state index is -0.391. The van der Waals surface area contributed by atoms with Crippen LogP contribution in [-0.4, -0.2) is 15.5 Å². The van der Waals surface area contributed by atoms with Gasteiger partial charge in [0, 0.05) is 12.3 Å². The molecule has 0 saturated heterocycles. The molecule has 0 spiro atoms. The van der Waals surface area contributed by atoms with Crippen molar-refractivity contribution < 1.29 is 9.18 Å². The van der Waals surface area contributed by atoms with E-state index in [0.717, 1.165) is 5.56 Å². The smallest absolute Gasteiger partial charge is 0.226 e. The number of nitriles is 1. The number of nitrogens with one attached hydrogen (secondary N) is 1. The monoisotopic (exact) mass is 332 g/mol. The van der Waals surface area contributed by atoms with Gasteiger partial charge in [0.15, 0.2) is 0 Å². The normalized spacial score (nSPS) is 16.0. The molecule has 3 aromatic rings. The molecule has 0 bridgehead atoms. The number of rotatable bonds is 2. The maximum Gasteiger partial charge on any atom is 0.226 e. The molecule has 2 aromatic carbocycles. The Balaban J connectivity index is 1.81. The van der Waals surface area contributed by atoms with Gasteiger partial charge in [0.2, 0.25) is 5.91 Å². The van der Waals surface area contributed by atoms with Crippen LogP contribution < -0.4 is 5.32 Å². The average Bonchev–Trinajstić information content (AvgIpc) is 3.05. The van der Waals surface area contributed by atoms with E-state index in [1.807, 2.05) is 12.1 Å². The Morgan fingerprint density at radius 2 is 1.96 bits per heavy atom. The van der Waals surface area contributed by atoms with E-state index >= 15 is 0 Å². The zero-order chi connectivity index (χ0) is 17.4. The highest BCUT2D eigenvalue weighted by atomic mass is 19.1. The lowest BCUT2D eigenvalue weighted by atomic mass is 9.89. The largest absolute Gasteiger partial charge is 0.310 e. The molecule has 1 N–H and O–H groups in total. The van der Waals surface area contributed by atoms with Crippen molar-refractivity contribution in [1.82, 2.24) is 9.55 Å². The lowest BCUT2D eigenvalue weighted by Gasteiger charge is -2.23. The van der Waals surface area contributed by atoms with Crippen LogP contribution in [-0.2, 0) is 4.79 Å². The quantitative estimate of drug-likeness (QED) is 0.782. The number of carbonyl (C=O) groups excluding carboxylic acids is 1. The third-order valence-electron chi connectivity index (χ3n) is 4.33. The van der Waals surface area contributed by atoms with Gasteiger partial charge in [0.25, 0.3) is 0 Å². The first kappa shape index (κ1) is 15.1. The first-order valence-corrected chi connectivity index (χ1v) is 7.79. The van der Waals surface area contributed by atoms with Crippen molar-refractivity contribution in [1.29, 1.82) is 5.26 Å². The van der Waals surface area contributed by atoms with Crippen LogP contribution in [0.3, 0.4) is 0 Å². The summed E-state index contributed by atoms with van der Waals surface area (Å²) >= 11 is 0. The fourth-order valence-corrected chi connectivity index (χ4v) is 3.10. The Labute approximate surface area is 143 Å². The molecule has 0 fully saturated rings. The number of aromatic nitrogens is 2. The number of imidazole rings is 1. The molecule has 0 radical (unpaired) electrons. The summed E-state index contributed by atoms with van der Waals surface area (Å²) in [5.41, 5.74) is 2.47. The van der Waals surface area contributed by atoms with E-state index in [0.29, 0.717) is 22.8 Å². The summed E-state index contributed by atoms with van der Waals surface area (Å²) in [4.78, 5) is 16.6. The van der Waals surface area contributed by atoms with E-state index in [1.165, 1.54) is 12.4 Å². The highest BCUT2D eigenvalue weighted by Gasteiger charge is 2.31. The van der Waals surface area contributed by atoms with Gasteiger partial charge < -0.3 is 5.32 Å². The molecule has 5 nitrogen and oxygen atoms in total. The summed E-state index contributed by atoms with van der Waals surface area (Å²) in [6.07, 6.45) is 1.78. The number of anilines is 1. The van der Waals surface area contributed by atoms with Crippen LogP contribution in [0.4, 0.5) is 10.2 Å². The summed E-state index contributed by atoms with van der Waals surface area (Å²) in [6.45, 7) is 0. The molecule has 0 saturated carbocycles. The van der Waals surface area contributed by atoms with E-state index in [2.05, 4.69) is 16.4 Å². The van der Waals surface area contributed by atoms with Gasteiger partial charge in [-0.1, -0.05) is 24.3 Å². The van der Waals surface area contributed by atoms with Crippen molar-refractivity contribution in [3.63, 3.8) is 0 Å². The predicted octanol–water partition coefficient (Wildman–Crippen LogP) is 3.36. The second kappa shape index (κ2) is 5.87. The number of amides is 1. The lowest BCUT2D eigenvalue weighted by molar-refractivity contribution is -0.116.